The van der Waals surface area contributed by atoms with E-state index in [-0.39, 0.29) is 6.10 Å². The fraction of sp³-hybridized carbons (Fsp3) is 0.667. The first-order valence-electron chi connectivity index (χ1n) is 6.31. The van der Waals surface area contributed by atoms with E-state index in [0.29, 0.717) is 5.92 Å². The van der Waals surface area contributed by atoms with E-state index >= 15 is 0 Å². The van der Waals surface area contributed by atoms with Crippen LogP contribution in [-0.2, 0) is 0 Å². The Hall–Kier alpha value is -0.880. The molecule has 1 saturated carbocycles. The van der Waals surface area contributed by atoms with Gasteiger partial charge in [-0.3, -0.25) is 0 Å². The van der Waals surface area contributed by atoms with E-state index < -0.39 is 0 Å². The summed E-state index contributed by atoms with van der Waals surface area (Å²) in [6.45, 7) is 0.894. The second kappa shape index (κ2) is 6.33. The lowest BCUT2D eigenvalue weighted by molar-refractivity contribution is 0.111. The first-order valence-corrected chi connectivity index (χ1v) is 7.10. The van der Waals surface area contributed by atoms with Crippen molar-refractivity contribution >= 4 is 27.6 Å². The van der Waals surface area contributed by atoms with Gasteiger partial charge in [-0.2, -0.15) is 0 Å². The fourth-order valence-corrected chi connectivity index (χ4v) is 2.80. The highest BCUT2D eigenvalue weighted by molar-refractivity contribution is 9.10. The van der Waals surface area contributed by atoms with E-state index in [9.17, 15) is 5.11 Å². The van der Waals surface area contributed by atoms with Crippen LogP contribution in [0.25, 0.3) is 0 Å². The van der Waals surface area contributed by atoms with Gasteiger partial charge in [0.2, 0.25) is 0 Å². The molecule has 0 unspecified atom stereocenters. The van der Waals surface area contributed by atoms with Crippen molar-refractivity contribution in [2.45, 2.75) is 31.8 Å². The van der Waals surface area contributed by atoms with Gasteiger partial charge in [-0.05, 0) is 47.5 Å². The van der Waals surface area contributed by atoms with E-state index in [0.717, 1.165) is 48.3 Å². The highest BCUT2D eigenvalue weighted by Gasteiger charge is 2.19. The molecule has 0 radical (unpaired) electrons. The number of nitrogens with zero attached hydrogens (tertiary/aromatic N) is 2. The van der Waals surface area contributed by atoms with Gasteiger partial charge < -0.3 is 15.7 Å². The zero-order valence-electron chi connectivity index (χ0n) is 10.5. The Kier molecular flexibility index (Phi) is 4.77. The molecule has 1 aromatic heterocycles. The van der Waals surface area contributed by atoms with Crippen molar-refractivity contribution in [3.8, 4) is 0 Å². The van der Waals surface area contributed by atoms with Crippen LogP contribution in [0.1, 0.15) is 25.7 Å². The van der Waals surface area contributed by atoms with Gasteiger partial charge in [0.1, 0.15) is 22.4 Å². The number of rotatable bonds is 4. The first-order chi connectivity index (χ1) is 8.70. The summed E-state index contributed by atoms with van der Waals surface area (Å²) in [5.41, 5.74) is 0. The van der Waals surface area contributed by atoms with Crippen molar-refractivity contribution in [3.63, 3.8) is 0 Å². The van der Waals surface area contributed by atoms with Crippen molar-refractivity contribution in [2.24, 2.45) is 5.92 Å². The first kappa shape index (κ1) is 13.5. The SMILES string of the molecule is CNc1ncnc(NCC2CCC(O)CC2)c1Br. The molecule has 0 aromatic carbocycles. The average Bonchev–Trinajstić information content (AvgIpc) is 2.39. The maximum absolute atomic E-state index is 9.47. The van der Waals surface area contributed by atoms with Gasteiger partial charge in [0.25, 0.3) is 0 Å². The Balaban J connectivity index is 1.90. The van der Waals surface area contributed by atoms with Crippen molar-refractivity contribution in [3.05, 3.63) is 10.8 Å². The molecule has 1 fully saturated rings. The molecule has 0 spiro atoms. The fourth-order valence-electron chi connectivity index (χ4n) is 2.26. The lowest BCUT2D eigenvalue weighted by Gasteiger charge is -2.25. The standard InChI is InChI=1S/C12H19BrN4O/c1-14-11-10(13)12(17-7-16-11)15-6-8-2-4-9(18)5-3-8/h7-9,18H,2-6H2,1H3,(H2,14,15,16,17). The molecule has 0 amide bonds. The minimum absolute atomic E-state index is 0.0945. The quantitative estimate of drug-likeness (QED) is 0.795. The molecule has 0 atom stereocenters. The van der Waals surface area contributed by atoms with Crippen LogP contribution in [-0.4, -0.2) is 34.8 Å². The monoisotopic (exact) mass is 314 g/mol. The normalized spacial score (nSPS) is 23.7. The molecule has 5 nitrogen and oxygen atoms in total. The van der Waals surface area contributed by atoms with Crippen molar-refractivity contribution in [1.82, 2.24) is 9.97 Å². The number of anilines is 2. The van der Waals surface area contributed by atoms with Crippen LogP contribution in [0, 0.1) is 5.92 Å². The predicted octanol–water partition coefficient (Wildman–Crippen LogP) is 2.24. The summed E-state index contributed by atoms with van der Waals surface area (Å²) >= 11 is 3.49. The van der Waals surface area contributed by atoms with Crippen LogP contribution in [0.3, 0.4) is 0 Å². The Labute approximate surface area is 116 Å². The number of aromatic nitrogens is 2. The van der Waals surface area contributed by atoms with E-state index in [1.165, 1.54) is 0 Å². The minimum atomic E-state index is -0.0945. The number of aliphatic hydroxyl groups is 1. The van der Waals surface area contributed by atoms with Crippen molar-refractivity contribution < 1.29 is 5.11 Å². The predicted molar refractivity (Wildman–Crippen MR) is 75.7 cm³/mol. The van der Waals surface area contributed by atoms with Crippen LogP contribution in [0.15, 0.2) is 10.8 Å². The average molecular weight is 315 g/mol. The third-order valence-electron chi connectivity index (χ3n) is 3.40. The molecule has 1 aromatic rings. The molecule has 2 rings (SSSR count). The summed E-state index contributed by atoms with van der Waals surface area (Å²) in [7, 11) is 1.83. The van der Waals surface area contributed by atoms with Gasteiger partial charge >= 0.3 is 0 Å². The number of hydrogen-bond donors (Lipinski definition) is 3. The molecule has 1 heterocycles. The number of aliphatic hydroxyl groups excluding tert-OH is 1. The second-order valence-electron chi connectivity index (χ2n) is 4.69. The van der Waals surface area contributed by atoms with Crippen LogP contribution >= 0.6 is 15.9 Å². The molecule has 6 heteroatoms. The second-order valence-corrected chi connectivity index (χ2v) is 5.48. The highest BCUT2D eigenvalue weighted by Crippen LogP contribution is 2.28. The Bertz CT molecular complexity index is 394. The van der Waals surface area contributed by atoms with Crippen LogP contribution in [0.2, 0.25) is 0 Å². The lowest BCUT2D eigenvalue weighted by atomic mass is 9.87. The Morgan fingerprint density at radius 2 is 1.94 bits per heavy atom. The van der Waals surface area contributed by atoms with Gasteiger partial charge in [-0.25, -0.2) is 9.97 Å². The lowest BCUT2D eigenvalue weighted by Crippen LogP contribution is -2.24. The summed E-state index contributed by atoms with van der Waals surface area (Å²) in [6.07, 6.45) is 5.44. The third-order valence-corrected chi connectivity index (χ3v) is 4.15. The van der Waals surface area contributed by atoms with E-state index in [1.54, 1.807) is 6.33 Å². The van der Waals surface area contributed by atoms with Crippen LogP contribution in [0.4, 0.5) is 11.6 Å². The van der Waals surface area contributed by atoms with Gasteiger partial charge in [0, 0.05) is 13.6 Å². The summed E-state index contributed by atoms with van der Waals surface area (Å²) in [5, 5.41) is 15.8. The molecule has 0 bridgehead atoms. The third kappa shape index (κ3) is 3.32. The van der Waals surface area contributed by atoms with Crippen LogP contribution in [0.5, 0.6) is 0 Å². The summed E-state index contributed by atoms with van der Waals surface area (Å²) in [5.74, 6) is 2.22. The van der Waals surface area contributed by atoms with Gasteiger partial charge in [0.15, 0.2) is 0 Å². The summed E-state index contributed by atoms with van der Waals surface area (Å²) in [6, 6.07) is 0. The molecule has 0 aliphatic heterocycles. The van der Waals surface area contributed by atoms with E-state index in [1.807, 2.05) is 7.05 Å². The Morgan fingerprint density at radius 3 is 2.61 bits per heavy atom. The summed E-state index contributed by atoms with van der Waals surface area (Å²) in [4.78, 5) is 8.35. The molecule has 1 aliphatic rings. The molecule has 0 saturated heterocycles. The molecule has 100 valence electrons. The zero-order valence-corrected chi connectivity index (χ0v) is 12.1. The van der Waals surface area contributed by atoms with Gasteiger partial charge in [-0.1, -0.05) is 0 Å². The molecule has 3 N–H and O–H groups in total. The molecular formula is C12H19BrN4O. The van der Waals surface area contributed by atoms with Crippen molar-refractivity contribution in [2.75, 3.05) is 24.2 Å². The molecular weight excluding hydrogens is 296 g/mol. The zero-order chi connectivity index (χ0) is 13.0. The van der Waals surface area contributed by atoms with Crippen LogP contribution < -0.4 is 10.6 Å². The number of halogens is 1. The summed E-state index contributed by atoms with van der Waals surface area (Å²) < 4.78 is 0.864. The smallest absolute Gasteiger partial charge is 0.145 e. The number of hydrogen-bond acceptors (Lipinski definition) is 5. The minimum Gasteiger partial charge on any atom is -0.393 e. The topological polar surface area (TPSA) is 70.1 Å². The van der Waals surface area contributed by atoms with Gasteiger partial charge in [0.05, 0.1) is 6.10 Å². The van der Waals surface area contributed by atoms with E-state index in [2.05, 4.69) is 36.5 Å². The Morgan fingerprint density at radius 1 is 1.28 bits per heavy atom. The maximum atomic E-state index is 9.47. The number of nitrogens with one attached hydrogen (secondary N) is 2. The maximum Gasteiger partial charge on any atom is 0.145 e. The molecule has 1 aliphatic carbocycles. The van der Waals surface area contributed by atoms with E-state index in [4.69, 9.17) is 0 Å². The molecule has 18 heavy (non-hydrogen) atoms. The van der Waals surface area contributed by atoms with Gasteiger partial charge in [-0.15, -0.1) is 0 Å². The largest absolute Gasteiger partial charge is 0.393 e. The van der Waals surface area contributed by atoms with Crippen molar-refractivity contribution in [1.29, 1.82) is 0 Å². The highest BCUT2D eigenvalue weighted by atomic mass is 79.9.